The predicted octanol–water partition coefficient (Wildman–Crippen LogP) is 5.05. The number of nitrogens with zero attached hydrogens (tertiary/aromatic N) is 2. The first-order chi connectivity index (χ1) is 18.4. The van der Waals surface area contributed by atoms with Crippen LogP contribution in [0.25, 0.3) is 11.3 Å². The van der Waals surface area contributed by atoms with E-state index in [9.17, 15) is 8.42 Å². The third-order valence-electron chi connectivity index (χ3n) is 6.58. The molecule has 1 aliphatic rings. The monoisotopic (exact) mass is 534 g/mol. The largest absolute Gasteiger partial charge is 0.493 e. The molecule has 1 fully saturated rings. The summed E-state index contributed by atoms with van der Waals surface area (Å²) in [5.41, 5.74) is 3.00. The average Bonchev–Trinajstić information content (AvgIpc) is 3.49. The predicted molar refractivity (Wildman–Crippen MR) is 145 cm³/mol. The molecule has 9 heteroatoms. The van der Waals surface area contributed by atoms with Crippen LogP contribution in [0.5, 0.6) is 17.2 Å². The van der Waals surface area contributed by atoms with Crippen LogP contribution in [0.2, 0.25) is 0 Å². The van der Waals surface area contributed by atoms with Crippen LogP contribution in [-0.2, 0) is 16.7 Å². The Morgan fingerprint density at radius 1 is 0.816 bits per heavy atom. The number of hydrogen-bond acceptors (Lipinski definition) is 8. The smallest absolute Gasteiger partial charge is 0.339 e. The van der Waals surface area contributed by atoms with Gasteiger partial charge < -0.3 is 23.0 Å². The molecule has 38 heavy (non-hydrogen) atoms. The van der Waals surface area contributed by atoms with Crippen molar-refractivity contribution < 1.29 is 26.5 Å². The number of hydrogen-bond donors (Lipinski definition) is 0. The first-order valence-corrected chi connectivity index (χ1v) is 13.7. The van der Waals surface area contributed by atoms with Gasteiger partial charge in [0.25, 0.3) is 0 Å². The van der Waals surface area contributed by atoms with E-state index in [1.807, 2.05) is 30.3 Å². The molecule has 0 saturated carbocycles. The minimum Gasteiger partial charge on any atom is -0.493 e. The van der Waals surface area contributed by atoms with Crippen molar-refractivity contribution in [2.75, 3.05) is 45.3 Å². The van der Waals surface area contributed by atoms with Gasteiger partial charge in [0.1, 0.15) is 16.4 Å². The summed E-state index contributed by atoms with van der Waals surface area (Å²) >= 11 is 0. The van der Waals surface area contributed by atoms with E-state index in [1.54, 1.807) is 50.8 Å². The zero-order valence-electron chi connectivity index (χ0n) is 21.4. The van der Waals surface area contributed by atoms with E-state index in [0.717, 1.165) is 55.5 Å². The van der Waals surface area contributed by atoms with Crippen LogP contribution in [0, 0.1) is 0 Å². The molecule has 1 aliphatic heterocycles. The van der Waals surface area contributed by atoms with Crippen molar-refractivity contribution in [2.45, 2.75) is 11.4 Å². The summed E-state index contributed by atoms with van der Waals surface area (Å²) in [6.07, 6.45) is 1.58. The van der Waals surface area contributed by atoms with Crippen LogP contribution < -0.4 is 18.6 Å². The van der Waals surface area contributed by atoms with Gasteiger partial charge in [0.2, 0.25) is 0 Å². The van der Waals surface area contributed by atoms with E-state index in [1.165, 1.54) is 17.7 Å². The molecular formula is C29H30N2O6S. The van der Waals surface area contributed by atoms with Crippen LogP contribution in [0.15, 0.2) is 94.4 Å². The Hall–Kier alpha value is -3.95. The molecule has 0 amide bonds. The second kappa shape index (κ2) is 11.2. The van der Waals surface area contributed by atoms with Crippen LogP contribution in [0.1, 0.15) is 5.56 Å². The van der Waals surface area contributed by atoms with Crippen molar-refractivity contribution in [1.29, 1.82) is 0 Å². The summed E-state index contributed by atoms with van der Waals surface area (Å²) in [5, 5.41) is 0. The van der Waals surface area contributed by atoms with Crippen LogP contribution in [0.3, 0.4) is 0 Å². The fourth-order valence-corrected chi connectivity index (χ4v) is 5.45. The van der Waals surface area contributed by atoms with Crippen molar-refractivity contribution in [3.8, 4) is 28.6 Å². The maximum absolute atomic E-state index is 12.8. The van der Waals surface area contributed by atoms with Gasteiger partial charge in [0.15, 0.2) is 11.5 Å². The first-order valence-electron chi connectivity index (χ1n) is 12.3. The van der Waals surface area contributed by atoms with Crippen LogP contribution >= 0.6 is 0 Å². The Bertz CT molecular complexity index is 1440. The molecule has 0 aliphatic carbocycles. The zero-order chi connectivity index (χ0) is 26.5. The molecule has 198 valence electrons. The van der Waals surface area contributed by atoms with Gasteiger partial charge in [-0.2, -0.15) is 8.42 Å². The summed E-state index contributed by atoms with van der Waals surface area (Å²) in [4.78, 5) is 4.78. The number of benzene rings is 3. The average molecular weight is 535 g/mol. The molecule has 1 aromatic heterocycles. The van der Waals surface area contributed by atoms with Gasteiger partial charge in [-0.3, -0.25) is 4.90 Å². The number of methoxy groups -OCH3 is 2. The van der Waals surface area contributed by atoms with Crippen molar-refractivity contribution in [1.82, 2.24) is 4.90 Å². The SMILES string of the molecule is COc1ccc(CN2CCN(c3ccc(OS(=O)(=O)c4ccc(-c5ccco5)cc4)cc3)CC2)cc1OC. The lowest BCUT2D eigenvalue weighted by Crippen LogP contribution is -2.45. The highest BCUT2D eigenvalue weighted by Crippen LogP contribution is 2.29. The summed E-state index contributed by atoms with van der Waals surface area (Å²) in [6, 6.07) is 23.2. The lowest BCUT2D eigenvalue weighted by molar-refractivity contribution is 0.249. The van der Waals surface area contributed by atoms with Crippen molar-refractivity contribution in [3.05, 3.63) is 90.7 Å². The van der Waals surface area contributed by atoms with Crippen molar-refractivity contribution in [2.24, 2.45) is 0 Å². The quantitative estimate of drug-likeness (QED) is 0.276. The Morgan fingerprint density at radius 3 is 2.16 bits per heavy atom. The highest BCUT2D eigenvalue weighted by molar-refractivity contribution is 7.87. The maximum Gasteiger partial charge on any atom is 0.339 e. The third-order valence-corrected chi connectivity index (χ3v) is 7.84. The second-order valence-corrected chi connectivity index (χ2v) is 10.5. The van der Waals surface area contributed by atoms with E-state index < -0.39 is 10.1 Å². The van der Waals surface area contributed by atoms with Crippen molar-refractivity contribution in [3.63, 3.8) is 0 Å². The van der Waals surface area contributed by atoms with Crippen LogP contribution in [-0.4, -0.2) is 53.7 Å². The fourth-order valence-electron chi connectivity index (χ4n) is 4.52. The lowest BCUT2D eigenvalue weighted by atomic mass is 10.1. The van der Waals surface area contributed by atoms with Crippen molar-refractivity contribution >= 4 is 15.8 Å². The number of anilines is 1. The standard InChI is InChI=1S/C29H30N2O6S/c1-34-28-14-5-22(20-29(28)35-2)21-30-15-17-31(18-16-30)24-8-10-25(11-9-24)37-38(32,33)26-12-6-23(7-13-26)27-4-3-19-36-27/h3-14,19-20H,15-18,21H2,1-2H3. The number of furan rings is 1. The normalized spacial score (nSPS) is 14.3. The minimum absolute atomic E-state index is 0.0856. The number of rotatable bonds is 9. The summed E-state index contributed by atoms with van der Waals surface area (Å²) in [7, 11) is -0.671. The maximum atomic E-state index is 12.8. The highest BCUT2D eigenvalue weighted by Gasteiger charge is 2.20. The fraction of sp³-hybridized carbons (Fsp3) is 0.241. The number of ether oxygens (including phenoxy) is 2. The topological polar surface area (TPSA) is 81.5 Å². The Labute approximate surface area is 223 Å². The first kappa shape index (κ1) is 25.7. The Morgan fingerprint density at radius 2 is 1.53 bits per heavy atom. The Kier molecular flexibility index (Phi) is 7.57. The summed E-state index contributed by atoms with van der Waals surface area (Å²) in [5.74, 6) is 2.41. The molecule has 0 unspecified atom stereocenters. The summed E-state index contributed by atoms with van der Waals surface area (Å²) in [6.45, 7) is 4.40. The molecule has 0 N–H and O–H groups in total. The van der Waals surface area contributed by atoms with E-state index in [2.05, 4.69) is 15.9 Å². The van der Waals surface area contributed by atoms with Gasteiger partial charge in [0, 0.05) is 44.0 Å². The van der Waals surface area contributed by atoms with Gasteiger partial charge in [-0.1, -0.05) is 6.07 Å². The Balaban J connectivity index is 1.16. The van der Waals surface area contributed by atoms with Gasteiger partial charge >= 0.3 is 10.1 Å². The van der Waals surface area contributed by atoms with Gasteiger partial charge in [0.05, 0.1) is 20.5 Å². The van der Waals surface area contributed by atoms with Gasteiger partial charge in [-0.25, -0.2) is 0 Å². The van der Waals surface area contributed by atoms with Crippen LogP contribution in [0.4, 0.5) is 5.69 Å². The molecular weight excluding hydrogens is 504 g/mol. The molecule has 3 aromatic carbocycles. The van der Waals surface area contributed by atoms with Gasteiger partial charge in [-0.05, 0) is 78.4 Å². The second-order valence-electron chi connectivity index (χ2n) is 8.99. The molecule has 4 aromatic rings. The molecule has 0 bridgehead atoms. The van der Waals surface area contributed by atoms with E-state index >= 15 is 0 Å². The molecule has 0 spiro atoms. The van der Waals surface area contributed by atoms with E-state index in [4.69, 9.17) is 18.1 Å². The van der Waals surface area contributed by atoms with E-state index in [0.29, 0.717) is 5.76 Å². The third kappa shape index (κ3) is 5.79. The van der Waals surface area contributed by atoms with E-state index in [-0.39, 0.29) is 10.6 Å². The number of piperazine rings is 1. The molecule has 1 saturated heterocycles. The minimum atomic E-state index is -3.95. The molecule has 2 heterocycles. The lowest BCUT2D eigenvalue weighted by Gasteiger charge is -2.36. The highest BCUT2D eigenvalue weighted by atomic mass is 32.2. The van der Waals surface area contributed by atoms with Gasteiger partial charge in [-0.15, -0.1) is 0 Å². The zero-order valence-corrected chi connectivity index (χ0v) is 22.2. The molecule has 5 rings (SSSR count). The molecule has 0 atom stereocenters. The molecule has 8 nitrogen and oxygen atoms in total. The summed E-state index contributed by atoms with van der Waals surface area (Å²) < 4.78 is 47.0. The molecule has 0 radical (unpaired) electrons.